The normalized spacial score (nSPS) is 21.7. The first kappa shape index (κ1) is 16.4. The van der Waals surface area contributed by atoms with Gasteiger partial charge in [0.15, 0.2) is 11.5 Å². The molecule has 0 aromatic heterocycles. The third kappa shape index (κ3) is 4.52. The molecule has 2 N–H and O–H groups in total. The van der Waals surface area contributed by atoms with E-state index in [0.717, 1.165) is 31.2 Å². The summed E-state index contributed by atoms with van der Waals surface area (Å²) in [5.74, 6) is 1.19. The van der Waals surface area contributed by atoms with Gasteiger partial charge in [0.25, 0.3) is 0 Å². The lowest BCUT2D eigenvalue weighted by Gasteiger charge is -2.27. The van der Waals surface area contributed by atoms with Crippen LogP contribution in [0.1, 0.15) is 38.2 Å². The van der Waals surface area contributed by atoms with Gasteiger partial charge in [-0.3, -0.25) is 4.79 Å². The zero-order valence-corrected chi connectivity index (χ0v) is 13.3. The zero-order valence-electron chi connectivity index (χ0n) is 13.3. The van der Waals surface area contributed by atoms with Crippen LogP contribution in [0.5, 0.6) is 11.5 Å². The number of hydrogen-bond acceptors (Lipinski definition) is 3. The summed E-state index contributed by atoms with van der Waals surface area (Å²) in [6.45, 7) is 2.06. The van der Waals surface area contributed by atoms with Gasteiger partial charge in [0, 0.05) is 6.04 Å². The molecule has 1 saturated carbocycles. The second kappa shape index (κ2) is 7.87. The molecule has 1 aromatic rings. The van der Waals surface area contributed by atoms with Gasteiger partial charge in [0.1, 0.15) is 0 Å². The molecule has 4 nitrogen and oxygen atoms in total. The van der Waals surface area contributed by atoms with E-state index in [-0.39, 0.29) is 17.7 Å². The van der Waals surface area contributed by atoms with Crippen LogP contribution < -0.4 is 10.1 Å². The summed E-state index contributed by atoms with van der Waals surface area (Å²) in [4.78, 5) is 12.1. The van der Waals surface area contributed by atoms with E-state index in [2.05, 4.69) is 24.4 Å². The monoisotopic (exact) mass is 303 g/mol. The Labute approximate surface area is 132 Å². The smallest absolute Gasteiger partial charge is 0.224 e. The van der Waals surface area contributed by atoms with E-state index in [4.69, 9.17) is 4.74 Å². The maximum absolute atomic E-state index is 12.1. The van der Waals surface area contributed by atoms with Crippen LogP contribution in [0.3, 0.4) is 0 Å². The van der Waals surface area contributed by atoms with Crippen LogP contribution in [0.25, 0.3) is 0 Å². The van der Waals surface area contributed by atoms with Crippen molar-refractivity contribution >= 4 is 5.91 Å². The lowest BCUT2D eigenvalue weighted by molar-refractivity contribution is -0.121. The number of ether oxygens (including phenoxy) is 1. The van der Waals surface area contributed by atoms with Crippen LogP contribution in [0.2, 0.25) is 0 Å². The second-order valence-corrected chi connectivity index (χ2v) is 5.89. The fourth-order valence-electron chi connectivity index (χ4n) is 3.02. The fraction of sp³-hybridized carbons (Fsp3) is 0.500. The van der Waals surface area contributed by atoms with Crippen molar-refractivity contribution in [1.29, 1.82) is 0 Å². The van der Waals surface area contributed by atoms with Gasteiger partial charge in [-0.15, -0.1) is 0 Å². The first-order valence-corrected chi connectivity index (χ1v) is 7.90. The largest absolute Gasteiger partial charge is 0.504 e. The Balaban J connectivity index is 1.83. The highest BCUT2D eigenvalue weighted by atomic mass is 16.5. The lowest BCUT2D eigenvalue weighted by atomic mass is 9.86. The van der Waals surface area contributed by atoms with Gasteiger partial charge in [0.2, 0.25) is 5.91 Å². The lowest BCUT2D eigenvalue weighted by Crippen LogP contribution is -2.38. The van der Waals surface area contributed by atoms with Crippen LogP contribution in [0, 0.1) is 5.92 Å². The Morgan fingerprint density at radius 2 is 2.09 bits per heavy atom. The maximum atomic E-state index is 12.1. The average molecular weight is 303 g/mol. The highest BCUT2D eigenvalue weighted by molar-refractivity contribution is 5.79. The van der Waals surface area contributed by atoms with Crippen LogP contribution in [0.15, 0.2) is 30.4 Å². The van der Waals surface area contributed by atoms with Crippen molar-refractivity contribution in [1.82, 2.24) is 5.32 Å². The van der Waals surface area contributed by atoms with Crippen molar-refractivity contribution in [3.05, 3.63) is 35.9 Å². The number of carbonyl (C=O) groups excluding carboxylic acids is 1. The zero-order chi connectivity index (χ0) is 15.9. The Morgan fingerprint density at radius 3 is 2.73 bits per heavy atom. The van der Waals surface area contributed by atoms with Gasteiger partial charge in [-0.25, -0.2) is 0 Å². The van der Waals surface area contributed by atoms with Gasteiger partial charge >= 0.3 is 0 Å². The second-order valence-electron chi connectivity index (χ2n) is 5.89. The van der Waals surface area contributed by atoms with Gasteiger partial charge < -0.3 is 15.2 Å². The molecule has 0 spiro atoms. The number of phenolic OH excluding ortho intramolecular Hbond substituents is 1. The Morgan fingerprint density at radius 1 is 1.36 bits per heavy atom. The van der Waals surface area contributed by atoms with E-state index in [9.17, 15) is 9.90 Å². The Bertz CT molecular complexity index is 531. The van der Waals surface area contributed by atoms with E-state index in [1.807, 2.05) is 0 Å². The number of allylic oxidation sites excluding steroid dienone is 2. The molecule has 1 aliphatic carbocycles. The van der Waals surface area contributed by atoms with Crippen LogP contribution in [0.4, 0.5) is 0 Å². The summed E-state index contributed by atoms with van der Waals surface area (Å²) in [7, 11) is 1.50. The van der Waals surface area contributed by atoms with Crippen molar-refractivity contribution in [3.63, 3.8) is 0 Å². The molecule has 1 fully saturated rings. The van der Waals surface area contributed by atoms with Crippen LogP contribution >= 0.6 is 0 Å². The molecule has 1 aromatic carbocycles. The molecule has 1 aliphatic rings. The molecule has 0 atom stereocenters. The predicted octanol–water partition coefficient (Wildman–Crippen LogP) is 3.19. The minimum absolute atomic E-state index is 0.0298. The first-order chi connectivity index (χ1) is 10.6. The predicted molar refractivity (Wildman–Crippen MR) is 87.1 cm³/mol. The number of hydrogen-bond donors (Lipinski definition) is 2. The topological polar surface area (TPSA) is 58.6 Å². The highest BCUT2D eigenvalue weighted by Crippen LogP contribution is 2.27. The minimum Gasteiger partial charge on any atom is -0.504 e. The number of nitrogens with one attached hydrogen (secondary N) is 1. The maximum Gasteiger partial charge on any atom is 0.224 e. The van der Waals surface area contributed by atoms with E-state index >= 15 is 0 Å². The summed E-state index contributed by atoms with van der Waals surface area (Å²) in [6, 6.07) is 5.30. The fourth-order valence-corrected chi connectivity index (χ4v) is 3.02. The van der Waals surface area contributed by atoms with Crippen LogP contribution in [-0.2, 0) is 11.2 Å². The van der Waals surface area contributed by atoms with Crippen LogP contribution in [-0.4, -0.2) is 24.2 Å². The molecule has 4 heteroatoms. The number of methoxy groups -OCH3 is 1. The minimum atomic E-state index is 0.0298. The van der Waals surface area contributed by atoms with Crippen molar-refractivity contribution < 1.29 is 14.6 Å². The van der Waals surface area contributed by atoms with E-state index < -0.39 is 0 Å². The van der Waals surface area contributed by atoms with E-state index in [1.165, 1.54) is 7.11 Å². The SMILES string of the molecule is C/C=C\[C@H]1CC[C@@H](NC(=O)Cc2ccc(O)c(OC)c2)CC1. The molecule has 0 saturated heterocycles. The molecule has 0 bridgehead atoms. The van der Waals surface area contributed by atoms with Gasteiger partial charge in [-0.1, -0.05) is 18.2 Å². The van der Waals surface area contributed by atoms with Gasteiger partial charge in [-0.2, -0.15) is 0 Å². The van der Waals surface area contributed by atoms with Crippen molar-refractivity contribution in [2.24, 2.45) is 5.92 Å². The number of carbonyl (C=O) groups is 1. The third-order valence-corrected chi connectivity index (χ3v) is 4.21. The Kier molecular flexibility index (Phi) is 5.87. The number of rotatable bonds is 5. The molecule has 0 aliphatic heterocycles. The highest BCUT2D eigenvalue weighted by Gasteiger charge is 2.20. The summed E-state index contributed by atoms with van der Waals surface area (Å²) in [6.07, 6.45) is 9.05. The molecule has 22 heavy (non-hydrogen) atoms. The molecular formula is C18H25NO3. The Hall–Kier alpha value is -1.97. The quantitative estimate of drug-likeness (QED) is 0.821. The summed E-state index contributed by atoms with van der Waals surface area (Å²) in [5, 5.41) is 12.7. The number of phenols is 1. The van der Waals surface area contributed by atoms with Gasteiger partial charge in [0.05, 0.1) is 13.5 Å². The number of benzene rings is 1. The molecule has 0 heterocycles. The average Bonchev–Trinajstić information content (AvgIpc) is 2.51. The summed E-state index contributed by atoms with van der Waals surface area (Å²) >= 11 is 0. The molecule has 1 amide bonds. The van der Waals surface area contributed by atoms with E-state index in [0.29, 0.717) is 18.1 Å². The molecule has 2 rings (SSSR count). The van der Waals surface area contributed by atoms with Gasteiger partial charge in [-0.05, 0) is 56.2 Å². The van der Waals surface area contributed by atoms with Crippen molar-refractivity contribution in [3.8, 4) is 11.5 Å². The first-order valence-electron chi connectivity index (χ1n) is 7.90. The molecule has 120 valence electrons. The molecular weight excluding hydrogens is 278 g/mol. The van der Waals surface area contributed by atoms with Crippen molar-refractivity contribution in [2.45, 2.75) is 45.1 Å². The molecule has 0 unspecified atom stereocenters. The number of aromatic hydroxyl groups is 1. The summed E-state index contributed by atoms with van der Waals surface area (Å²) < 4.78 is 5.06. The standard InChI is InChI=1S/C18H25NO3/c1-3-4-13-5-8-15(9-6-13)19-18(21)12-14-7-10-16(20)17(11-14)22-2/h3-4,7,10-11,13,15,20H,5-6,8-9,12H2,1-2H3,(H,19,21)/b4-3-/t13-,15+. The van der Waals surface area contributed by atoms with E-state index in [1.54, 1.807) is 18.2 Å². The number of amides is 1. The van der Waals surface area contributed by atoms with Crippen molar-refractivity contribution in [2.75, 3.05) is 7.11 Å². The third-order valence-electron chi connectivity index (χ3n) is 4.21. The summed E-state index contributed by atoms with van der Waals surface area (Å²) in [5.41, 5.74) is 0.842. The molecule has 0 radical (unpaired) electrons.